The molecule has 0 aliphatic rings. The summed E-state index contributed by atoms with van der Waals surface area (Å²) in [6.07, 6.45) is 0. The first kappa shape index (κ1) is 22.6. The predicted molar refractivity (Wildman–Crippen MR) is 105 cm³/mol. The topological polar surface area (TPSA) is 117 Å². The van der Waals surface area contributed by atoms with Crippen molar-refractivity contribution in [1.29, 1.82) is 0 Å². The maximum absolute atomic E-state index is 13.3. The van der Waals surface area contributed by atoms with E-state index in [1.165, 1.54) is 19.2 Å². The third-order valence-electron chi connectivity index (χ3n) is 3.73. The molecule has 0 heterocycles. The number of amides is 1. The number of rotatable bonds is 9. The van der Waals surface area contributed by atoms with Crippen LogP contribution in [-0.2, 0) is 9.53 Å². The molecule has 0 aromatic heterocycles. The van der Waals surface area contributed by atoms with Gasteiger partial charge in [-0.05, 0) is 36.2 Å². The van der Waals surface area contributed by atoms with E-state index >= 15 is 0 Å². The zero-order valence-electron chi connectivity index (χ0n) is 16.6. The van der Waals surface area contributed by atoms with Crippen molar-refractivity contribution in [1.82, 2.24) is 0 Å². The van der Waals surface area contributed by atoms with E-state index in [2.05, 4.69) is 5.32 Å². The molecule has 0 saturated carbocycles. The van der Waals surface area contributed by atoms with Gasteiger partial charge in [0.25, 0.3) is 5.91 Å². The number of anilines is 1. The summed E-state index contributed by atoms with van der Waals surface area (Å²) in [6.45, 7) is 3.82. The zero-order chi connectivity index (χ0) is 22.3. The van der Waals surface area contributed by atoms with Gasteiger partial charge in [-0.15, -0.1) is 0 Å². The molecule has 0 atom stereocenters. The van der Waals surface area contributed by atoms with Gasteiger partial charge in [0.2, 0.25) is 5.82 Å². The SMILES string of the molecule is COc1cc(C(=O)OCC(=O)Nc2ccc(F)c([N+](=O)[O-])c2)ccc1OCC(C)C. The molecule has 2 rings (SSSR count). The van der Waals surface area contributed by atoms with E-state index in [1.807, 2.05) is 13.8 Å². The highest BCUT2D eigenvalue weighted by Crippen LogP contribution is 2.29. The van der Waals surface area contributed by atoms with E-state index in [-0.39, 0.29) is 11.3 Å². The average molecular weight is 420 g/mol. The lowest BCUT2D eigenvalue weighted by Crippen LogP contribution is -2.21. The summed E-state index contributed by atoms with van der Waals surface area (Å²) in [5.74, 6) is -1.43. The van der Waals surface area contributed by atoms with E-state index in [0.29, 0.717) is 24.0 Å². The molecule has 0 spiro atoms. The standard InChI is InChI=1S/C20H21FN2O7/c1-12(2)10-29-17-7-4-13(8-18(17)28-3)20(25)30-11-19(24)22-14-5-6-15(21)16(9-14)23(26)27/h4-9,12H,10-11H2,1-3H3,(H,22,24). The summed E-state index contributed by atoms with van der Waals surface area (Å²) < 4.78 is 29.1. The molecule has 9 nitrogen and oxygen atoms in total. The number of nitro groups is 1. The van der Waals surface area contributed by atoms with E-state index in [4.69, 9.17) is 14.2 Å². The highest BCUT2D eigenvalue weighted by molar-refractivity contribution is 5.96. The van der Waals surface area contributed by atoms with E-state index in [0.717, 1.165) is 18.2 Å². The summed E-state index contributed by atoms with van der Waals surface area (Å²) >= 11 is 0. The summed E-state index contributed by atoms with van der Waals surface area (Å²) in [7, 11) is 1.43. The van der Waals surface area contributed by atoms with E-state index in [1.54, 1.807) is 6.07 Å². The van der Waals surface area contributed by atoms with Gasteiger partial charge in [0.1, 0.15) is 0 Å². The summed E-state index contributed by atoms with van der Waals surface area (Å²) in [5.41, 5.74) is -0.636. The van der Waals surface area contributed by atoms with Crippen LogP contribution >= 0.6 is 0 Å². The fraction of sp³-hybridized carbons (Fsp3) is 0.300. The van der Waals surface area contributed by atoms with Crippen molar-refractivity contribution in [3.05, 3.63) is 57.9 Å². The molecule has 2 aromatic carbocycles. The Balaban J connectivity index is 1.97. The lowest BCUT2D eigenvalue weighted by molar-refractivity contribution is -0.387. The Labute approximate surface area is 171 Å². The minimum atomic E-state index is -1.03. The van der Waals surface area contributed by atoms with Crippen LogP contribution in [0.4, 0.5) is 15.8 Å². The van der Waals surface area contributed by atoms with Gasteiger partial charge < -0.3 is 19.5 Å². The first-order valence-electron chi connectivity index (χ1n) is 8.93. The van der Waals surface area contributed by atoms with E-state index in [9.17, 15) is 24.1 Å². The van der Waals surface area contributed by atoms with Crippen LogP contribution in [0.15, 0.2) is 36.4 Å². The number of benzene rings is 2. The third-order valence-corrected chi connectivity index (χ3v) is 3.73. The Morgan fingerprint density at radius 3 is 2.53 bits per heavy atom. The number of ether oxygens (including phenoxy) is 3. The lowest BCUT2D eigenvalue weighted by Gasteiger charge is -2.13. The van der Waals surface area contributed by atoms with Crippen molar-refractivity contribution >= 4 is 23.3 Å². The van der Waals surface area contributed by atoms with Gasteiger partial charge in [-0.25, -0.2) is 4.79 Å². The molecular formula is C20H21FN2O7. The molecule has 0 aliphatic heterocycles. The number of hydrogen-bond acceptors (Lipinski definition) is 7. The number of carbonyl (C=O) groups excluding carboxylic acids is 2. The quantitative estimate of drug-likeness (QED) is 0.374. The van der Waals surface area contributed by atoms with Crippen LogP contribution in [-0.4, -0.2) is 37.1 Å². The van der Waals surface area contributed by atoms with Crippen LogP contribution in [0.1, 0.15) is 24.2 Å². The second-order valence-electron chi connectivity index (χ2n) is 6.62. The number of nitrogens with one attached hydrogen (secondary N) is 1. The number of carbonyl (C=O) groups is 2. The van der Waals surface area contributed by atoms with Crippen molar-refractivity contribution in [2.45, 2.75) is 13.8 Å². The van der Waals surface area contributed by atoms with Gasteiger partial charge >= 0.3 is 11.7 Å². The largest absolute Gasteiger partial charge is 0.493 e. The number of halogens is 1. The van der Waals surface area contributed by atoms with Crippen molar-refractivity contribution in [2.75, 3.05) is 25.6 Å². The molecule has 0 saturated heterocycles. The number of hydrogen-bond donors (Lipinski definition) is 1. The Morgan fingerprint density at radius 2 is 1.90 bits per heavy atom. The Hall–Kier alpha value is -3.69. The third kappa shape index (κ3) is 6.16. The molecule has 1 N–H and O–H groups in total. The second-order valence-corrected chi connectivity index (χ2v) is 6.62. The molecule has 30 heavy (non-hydrogen) atoms. The van der Waals surface area contributed by atoms with Crippen molar-refractivity contribution < 1.29 is 33.1 Å². The van der Waals surface area contributed by atoms with Crippen LogP contribution in [0.5, 0.6) is 11.5 Å². The van der Waals surface area contributed by atoms with Gasteiger partial charge in [-0.2, -0.15) is 4.39 Å². The van der Waals surface area contributed by atoms with Gasteiger partial charge in [0.15, 0.2) is 18.1 Å². The van der Waals surface area contributed by atoms with Gasteiger partial charge in [-0.3, -0.25) is 14.9 Å². The molecule has 2 aromatic rings. The molecule has 10 heteroatoms. The maximum atomic E-state index is 13.3. The van der Waals surface area contributed by atoms with E-state index < -0.39 is 34.9 Å². The molecule has 0 unspecified atom stereocenters. The zero-order valence-corrected chi connectivity index (χ0v) is 16.6. The maximum Gasteiger partial charge on any atom is 0.338 e. The van der Waals surface area contributed by atoms with Crippen molar-refractivity contribution in [3.63, 3.8) is 0 Å². The summed E-state index contributed by atoms with van der Waals surface area (Å²) in [4.78, 5) is 34.0. The number of nitrogens with zero attached hydrogens (tertiary/aromatic N) is 1. The first-order chi connectivity index (χ1) is 14.2. The Bertz CT molecular complexity index is 947. The molecule has 0 fully saturated rings. The smallest absolute Gasteiger partial charge is 0.338 e. The summed E-state index contributed by atoms with van der Waals surface area (Å²) in [6, 6.07) is 7.35. The molecule has 1 amide bonds. The number of esters is 1. The van der Waals surface area contributed by atoms with Crippen LogP contribution in [0.2, 0.25) is 0 Å². The fourth-order valence-electron chi connectivity index (χ4n) is 2.31. The molecular weight excluding hydrogens is 399 g/mol. The van der Waals surface area contributed by atoms with Crippen LogP contribution in [0.25, 0.3) is 0 Å². The van der Waals surface area contributed by atoms with Gasteiger partial charge in [0.05, 0.1) is 24.2 Å². The van der Waals surface area contributed by atoms with Crippen LogP contribution < -0.4 is 14.8 Å². The average Bonchev–Trinajstić information content (AvgIpc) is 2.71. The monoisotopic (exact) mass is 420 g/mol. The first-order valence-corrected chi connectivity index (χ1v) is 8.93. The summed E-state index contributed by atoms with van der Waals surface area (Å²) in [5, 5.41) is 13.0. The second kappa shape index (κ2) is 10.2. The fourth-order valence-corrected chi connectivity index (χ4v) is 2.31. The Kier molecular flexibility index (Phi) is 7.68. The van der Waals surface area contributed by atoms with Gasteiger partial charge in [-0.1, -0.05) is 13.8 Å². The molecule has 0 aliphatic carbocycles. The highest BCUT2D eigenvalue weighted by Gasteiger charge is 2.17. The minimum Gasteiger partial charge on any atom is -0.493 e. The molecule has 0 radical (unpaired) electrons. The molecule has 0 bridgehead atoms. The minimum absolute atomic E-state index is 0.00234. The van der Waals surface area contributed by atoms with Crippen LogP contribution in [0.3, 0.4) is 0 Å². The van der Waals surface area contributed by atoms with Crippen molar-refractivity contribution in [3.8, 4) is 11.5 Å². The van der Waals surface area contributed by atoms with Gasteiger partial charge in [0, 0.05) is 11.8 Å². The molecule has 160 valence electrons. The van der Waals surface area contributed by atoms with Crippen molar-refractivity contribution in [2.24, 2.45) is 5.92 Å². The lowest BCUT2D eigenvalue weighted by atomic mass is 10.2. The highest BCUT2D eigenvalue weighted by atomic mass is 19.1. The number of methoxy groups -OCH3 is 1. The number of nitro benzene ring substituents is 1. The Morgan fingerprint density at radius 1 is 1.17 bits per heavy atom. The van der Waals surface area contributed by atoms with Crippen LogP contribution in [0, 0.1) is 21.8 Å². The predicted octanol–water partition coefficient (Wildman–Crippen LogP) is 3.57. The normalized spacial score (nSPS) is 10.4.